The van der Waals surface area contributed by atoms with Gasteiger partial charge in [-0.3, -0.25) is 9.83 Å². The Kier molecular flexibility index (Phi) is 4.46. The van der Waals surface area contributed by atoms with E-state index in [1.54, 1.807) is 36.8 Å². The maximum Gasteiger partial charge on any atom is 0.433 e. The Morgan fingerprint density at radius 3 is 3.00 bits per heavy atom. The first kappa shape index (κ1) is 12.4. The normalized spacial score (nSPS) is 28.6. The highest BCUT2D eigenvalue weighted by atomic mass is 32.2. The number of aliphatic imine (C=N–C) groups is 1. The molecule has 0 unspecified atom stereocenters. The second-order valence-corrected chi connectivity index (χ2v) is 5.80. The summed E-state index contributed by atoms with van der Waals surface area (Å²) in [7, 11) is 3.25. The van der Waals surface area contributed by atoms with E-state index in [-0.39, 0.29) is 4.75 Å². The molecule has 1 heterocycles. The molecule has 1 aliphatic heterocycles. The summed E-state index contributed by atoms with van der Waals surface area (Å²) in [6.07, 6.45) is 1.08. The van der Waals surface area contributed by atoms with E-state index in [9.17, 15) is 4.79 Å². The first-order valence-electron chi connectivity index (χ1n) is 4.31. The highest BCUT2D eigenvalue weighted by Crippen LogP contribution is 2.40. The van der Waals surface area contributed by atoms with Gasteiger partial charge in [0.25, 0.3) is 0 Å². The molecule has 1 fully saturated rings. The summed E-state index contributed by atoms with van der Waals surface area (Å²) in [4.78, 5) is 19.4. The quantitative estimate of drug-likeness (QED) is 0.457. The van der Waals surface area contributed by atoms with Crippen LogP contribution in [0.2, 0.25) is 0 Å². The molecule has 0 aromatic rings. The van der Waals surface area contributed by atoms with Crippen LogP contribution in [0.3, 0.4) is 0 Å². The molecule has 1 rings (SSSR count). The van der Waals surface area contributed by atoms with Crippen molar-refractivity contribution in [1.29, 1.82) is 0 Å². The van der Waals surface area contributed by atoms with Gasteiger partial charge in [0.2, 0.25) is 0 Å². The smallest absolute Gasteiger partial charge is 0.323 e. The van der Waals surface area contributed by atoms with E-state index in [0.717, 1.165) is 10.1 Å². The third-order valence-electron chi connectivity index (χ3n) is 1.65. The SMILES string of the molecule is CN=C1SC[C@](C)(/C=N\OC(=O)NC)S1. The molecule has 0 aromatic heterocycles. The van der Waals surface area contributed by atoms with Crippen LogP contribution in [-0.4, -0.2) is 41.3 Å². The summed E-state index contributed by atoms with van der Waals surface area (Å²) in [5.74, 6) is 0.880. The molecule has 84 valence electrons. The second kappa shape index (κ2) is 5.41. The molecule has 1 amide bonds. The van der Waals surface area contributed by atoms with Crippen LogP contribution >= 0.6 is 23.5 Å². The van der Waals surface area contributed by atoms with Crippen LogP contribution in [0.1, 0.15) is 6.92 Å². The van der Waals surface area contributed by atoms with Gasteiger partial charge in [-0.2, -0.15) is 0 Å². The molecule has 7 heteroatoms. The molecule has 0 spiro atoms. The lowest BCUT2D eigenvalue weighted by Crippen LogP contribution is -2.23. The van der Waals surface area contributed by atoms with Gasteiger partial charge < -0.3 is 5.32 Å². The molecule has 0 radical (unpaired) electrons. The van der Waals surface area contributed by atoms with Crippen molar-refractivity contribution in [3.63, 3.8) is 0 Å². The van der Waals surface area contributed by atoms with Gasteiger partial charge in [-0.15, -0.1) is 0 Å². The third-order valence-corrected chi connectivity index (χ3v) is 4.68. The molecule has 1 atom stereocenters. The Bertz CT molecular complexity index is 306. The standard InChI is InChI=1S/C8H13N3O2S2/c1-8(4-11-13-6(12)9-2)5-14-7(10-3)15-8/h4H,5H2,1-3H3,(H,9,12)/b10-7?,11-4-/t8-/m0/s1. The summed E-state index contributed by atoms with van der Waals surface area (Å²) in [5.41, 5.74) is 0. The van der Waals surface area contributed by atoms with Crippen LogP contribution in [0.25, 0.3) is 0 Å². The van der Waals surface area contributed by atoms with Gasteiger partial charge >= 0.3 is 6.09 Å². The van der Waals surface area contributed by atoms with Crippen LogP contribution in [0.5, 0.6) is 0 Å². The van der Waals surface area contributed by atoms with Crippen LogP contribution in [-0.2, 0) is 4.84 Å². The van der Waals surface area contributed by atoms with Gasteiger partial charge in [-0.1, -0.05) is 28.7 Å². The van der Waals surface area contributed by atoms with Gasteiger partial charge in [0.1, 0.15) is 4.38 Å². The van der Waals surface area contributed by atoms with Gasteiger partial charge in [0.15, 0.2) is 0 Å². The van der Waals surface area contributed by atoms with Crippen LogP contribution in [0.4, 0.5) is 4.79 Å². The average molecular weight is 247 g/mol. The van der Waals surface area contributed by atoms with E-state index in [2.05, 4.69) is 20.3 Å². The largest absolute Gasteiger partial charge is 0.433 e. The lowest BCUT2D eigenvalue weighted by atomic mass is 10.2. The molecule has 0 bridgehead atoms. The fourth-order valence-electron chi connectivity index (χ4n) is 0.869. The number of amides is 1. The van der Waals surface area contributed by atoms with Crippen molar-refractivity contribution in [2.24, 2.45) is 10.1 Å². The number of carbonyl (C=O) groups is 1. The summed E-state index contributed by atoms with van der Waals surface area (Å²) < 4.78 is 0.886. The van der Waals surface area contributed by atoms with Crippen molar-refractivity contribution >= 4 is 40.2 Å². The number of hydrogen-bond donors (Lipinski definition) is 1. The molecule has 1 N–H and O–H groups in total. The van der Waals surface area contributed by atoms with Crippen LogP contribution < -0.4 is 5.32 Å². The zero-order chi connectivity index (χ0) is 11.3. The minimum atomic E-state index is -0.560. The third kappa shape index (κ3) is 3.75. The molecule has 1 aliphatic rings. The van der Waals surface area contributed by atoms with E-state index in [4.69, 9.17) is 0 Å². The molecular formula is C8H13N3O2S2. The summed E-state index contributed by atoms with van der Waals surface area (Å²) in [6.45, 7) is 2.03. The number of carbonyl (C=O) groups excluding carboxylic acids is 1. The Balaban J connectivity index is 2.47. The van der Waals surface area contributed by atoms with Crippen molar-refractivity contribution in [2.75, 3.05) is 19.8 Å². The summed E-state index contributed by atoms with van der Waals surface area (Å²) in [5, 5.41) is 5.95. The Morgan fingerprint density at radius 2 is 2.47 bits per heavy atom. The number of thioether (sulfide) groups is 2. The topological polar surface area (TPSA) is 63.1 Å². The van der Waals surface area contributed by atoms with E-state index in [0.29, 0.717) is 0 Å². The Morgan fingerprint density at radius 1 is 1.73 bits per heavy atom. The Labute approximate surface area is 97.1 Å². The zero-order valence-electron chi connectivity index (χ0n) is 8.81. The monoisotopic (exact) mass is 247 g/mol. The first-order chi connectivity index (χ1) is 7.09. The summed E-state index contributed by atoms with van der Waals surface area (Å²) in [6, 6.07) is 0. The number of hydrogen-bond acceptors (Lipinski definition) is 6. The number of oxime groups is 1. The molecule has 1 saturated heterocycles. The predicted octanol–water partition coefficient (Wildman–Crippen LogP) is 1.55. The zero-order valence-corrected chi connectivity index (χ0v) is 10.4. The molecule has 0 aliphatic carbocycles. The summed E-state index contributed by atoms with van der Waals surface area (Å²) >= 11 is 3.30. The van der Waals surface area contributed by atoms with Gasteiger partial charge in [0.05, 0.1) is 11.0 Å². The molecule has 15 heavy (non-hydrogen) atoms. The maximum absolute atomic E-state index is 10.7. The van der Waals surface area contributed by atoms with E-state index in [1.165, 1.54) is 7.05 Å². The minimum absolute atomic E-state index is 0.145. The van der Waals surface area contributed by atoms with Crippen molar-refractivity contribution in [3.8, 4) is 0 Å². The fourth-order valence-corrected chi connectivity index (χ4v) is 3.46. The lowest BCUT2D eigenvalue weighted by Gasteiger charge is -2.12. The van der Waals surface area contributed by atoms with Gasteiger partial charge in [-0.25, -0.2) is 4.79 Å². The average Bonchev–Trinajstić information content (AvgIpc) is 2.60. The van der Waals surface area contributed by atoms with E-state index >= 15 is 0 Å². The molecular weight excluding hydrogens is 234 g/mol. The molecule has 0 aromatic carbocycles. The maximum atomic E-state index is 10.7. The predicted molar refractivity (Wildman–Crippen MR) is 65.8 cm³/mol. The number of rotatable bonds is 2. The molecule has 0 saturated carbocycles. The van der Waals surface area contributed by atoms with E-state index in [1.807, 2.05) is 6.92 Å². The number of nitrogens with zero attached hydrogens (tertiary/aromatic N) is 2. The molecule has 5 nitrogen and oxygen atoms in total. The first-order valence-corrected chi connectivity index (χ1v) is 6.12. The number of nitrogens with one attached hydrogen (secondary N) is 1. The van der Waals surface area contributed by atoms with Gasteiger partial charge in [0, 0.05) is 19.8 Å². The minimum Gasteiger partial charge on any atom is -0.323 e. The van der Waals surface area contributed by atoms with Crippen molar-refractivity contribution in [1.82, 2.24) is 5.32 Å². The van der Waals surface area contributed by atoms with Crippen molar-refractivity contribution in [2.45, 2.75) is 11.7 Å². The highest BCUT2D eigenvalue weighted by Gasteiger charge is 2.33. The lowest BCUT2D eigenvalue weighted by molar-refractivity contribution is 0.153. The van der Waals surface area contributed by atoms with Crippen molar-refractivity contribution in [3.05, 3.63) is 0 Å². The van der Waals surface area contributed by atoms with Crippen LogP contribution in [0.15, 0.2) is 10.1 Å². The van der Waals surface area contributed by atoms with Crippen molar-refractivity contribution < 1.29 is 9.63 Å². The Hall–Kier alpha value is -0.690. The fraction of sp³-hybridized carbons (Fsp3) is 0.625. The highest BCUT2D eigenvalue weighted by molar-refractivity contribution is 8.42. The van der Waals surface area contributed by atoms with Gasteiger partial charge in [-0.05, 0) is 6.92 Å². The van der Waals surface area contributed by atoms with E-state index < -0.39 is 6.09 Å². The second-order valence-electron chi connectivity index (χ2n) is 3.06. The van der Waals surface area contributed by atoms with Crippen LogP contribution in [0, 0.1) is 0 Å².